The third-order valence-electron chi connectivity index (χ3n) is 3.68. The maximum absolute atomic E-state index is 12.8. The summed E-state index contributed by atoms with van der Waals surface area (Å²) < 4.78 is 38.4. The van der Waals surface area contributed by atoms with Crippen LogP contribution in [0.1, 0.15) is 28.6 Å². The molecular weight excluding hydrogens is 317 g/mol. The maximum atomic E-state index is 12.8. The molecule has 3 N–H and O–H groups in total. The van der Waals surface area contributed by atoms with E-state index in [9.17, 15) is 13.2 Å². The number of aryl methyl sites for hydroxylation is 1. The summed E-state index contributed by atoms with van der Waals surface area (Å²) in [5.41, 5.74) is 7.63. The van der Waals surface area contributed by atoms with Crippen LogP contribution in [0.2, 0.25) is 0 Å². The van der Waals surface area contributed by atoms with Crippen molar-refractivity contribution in [2.24, 2.45) is 5.73 Å². The van der Waals surface area contributed by atoms with Crippen LogP contribution in [0.25, 0.3) is 11.4 Å². The predicted molar refractivity (Wildman–Crippen MR) is 84.0 cm³/mol. The van der Waals surface area contributed by atoms with E-state index >= 15 is 0 Å². The van der Waals surface area contributed by atoms with Gasteiger partial charge in [0.1, 0.15) is 5.82 Å². The zero-order valence-electron chi connectivity index (χ0n) is 12.8. The Morgan fingerprint density at radius 1 is 1.08 bits per heavy atom. The van der Waals surface area contributed by atoms with Gasteiger partial charge in [-0.2, -0.15) is 18.3 Å². The van der Waals surface area contributed by atoms with Gasteiger partial charge in [-0.3, -0.25) is 5.10 Å². The van der Waals surface area contributed by atoms with Gasteiger partial charge in [0.2, 0.25) is 0 Å². The van der Waals surface area contributed by atoms with Gasteiger partial charge >= 0.3 is 6.18 Å². The predicted octanol–water partition coefficient (Wildman–Crippen LogP) is 3.85. The number of halogens is 3. The number of alkyl halides is 3. The fourth-order valence-corrected chi connectivity index (χ4v) is 2.31. The first-order valence-corrected chi connectivity index (χ1v) is 7.26. The molecule has 3 rings (SSSR count). The largest absolute Gasteiger partial charge is 0.416 e. The number of aromatic amines is 1. The van der Waals surface area contributed by atoms with Crippen LogP contribution in [0.3, 0.4) is 0 Å². The minimum Gasteiger partial charge on any atom is -0.318 e. The molecule has 0 bridgehead atoms. The second-order valence-corrected chi connectivity index (χ2v) is 5.51. The molecule has 2 aromatic carbocycles. The molecule has 0 aliphatic carbocycles. The third kappa shape index (κ3) is 3.30. The molecule has 1 aromatic heterocycles. The van der Waals surface area contributed by atoms with E-state index in [4.69, 9.17) is 5.73 Å². The van der Waals surface area contributed by atoms with Gasteiger partial charge in [0.05, 0.1) is 11.6 Å². The van der Waals surface area contributed by atoms with Crippen molar-refractivity contribution in [1.29, 1.82) is 0 Å². The summed E-state index contributed by atoms with van der Waals surface area (Å²) in [6, 6.07) is 12.0. The van der Waals surface area contributed by atoms with E-state index < -0.39 is 17.8 Å². The van der Waals surface area contributed by atoms with E-state index in [-0.39, 0.29) is 11.4 Å². The van der Waals surface area contributed by atoms with Gasteiger partial charge in [-0.05, 0) is 24.6 Å². The van der Waals surface area contributed by atoms with Crippen LogP contribution in [0.5, 0.6) is 0 Å². The summed E-state index contributed by atoms with van der Waals surface area (Å²) in [6.45, 7) is 1.97. The Hall–Kier alpha value is -2.67. The first kappa shape index (κ1) is 16.2. The van der Waals surface area contributed by atoms with Gasteiger partial charge in [0.15, 0.2) is 5.82 Å². The molecule has 7 heteroatoms. The molecule has 3 aromatic rings. The first-order valence-electron chi connectivity index (χ1n) is 7.26. The van der Waals surface area contributed by atoms with E-state index in [0.717, 1.165) is 23.3 Å². The summed E-state index contributed by atoms with van der Waals surface area (Å²) in [7, 11) is 0. The minimum absolute atomic E-state index is 0.179. The molecule has 0 spiro atoms. The quantitative estimate of drug-likeness (QED) is 0.765. The zero-order valence-corrected chi connectivity index (χ0v) is 12.8. The van der Waals surface area contributed by atoms with E-state index in [1.54, 1.807) is 0 Å². The maximum Gasteiger partial charge on any atom is 0.416 e. The van der Waals surface area contributed by atoms with Crippen LogP contribution in [0.4, 0.5) is 13.2 Å². The van der Waals surface area contributed by atoms with Gasteiger partial charge in [-0.25, -0.2) is 4.98 Å². The third-order valence-corrected chi connectivity index (χ3v) is 3.68. The smallest absolute Gasteiger partial charge is 0.318 e. The Labute approximate surface area is 136 Å². The number of nitrogens with two attached hydrogens (primary N) is 1. The van der Waals surface area contributed by atoms with Crippen LogP contribution >= 0.6 is 0 Å². The number of nitrogens with zero attached hydrogens (tertiary/aromatic N) is 2. The van der Waals surface area contributed by atoms with E-state index in [2.05, 4.69) is 15.2 Å². The summed E-state index contributed by atoms with van der Waals surface area (Å²) in [4.78, 5) is 4.24. The molecule has 124 valence electrons. The lowest BCUT2D eigenvalue weighted by Gasteiger charge is -2.08. The van der Waals surface area contributed by atoms with Gasteiger partial charge in [0, 0.05) is 5.56 Å². The molecule has 0 saturated carbocycles. The Balaban J connectivity index is 1.89. The van der Waals surface area contributed by atoms with Gasteiger partial charge in [0.25, 0.3) is 0 Å². The Kier molecular flexibility index (Phi) is 4.11. The van der Waals surface area contributed by atoms with Crippen molar-refractivity contribution in [1.82, 2.24) is 15.2 Å². The summed E-state index contributed by atoms with van der Waals surface area (Å²) in [5, 5.41) is 6.70. The molecule has 0 radical (unpaired) electrons. The molecule has 24 heavy (non-hydrogen) atoms. The fourth-order valence-electron chi connectivity index (χ4n) is 2.31. The summed E-state index contributed by atoms with van der Waals surface area (Å²) >= 11 is 0. The molecule has 1 atom stereocenters. The topological polar surface area (TPSA) is 67.6 Å². The van der Waals surface area contributed by atoms with E-state index in [1.165, 1.54) is 12.1 Å². The van der Waals surface area contributed by atoms with Crippen molar-refractivity contribution in [3.8, 4) is 11.4 Å². The van der Waals surface area contributed by atoms with Crippen LogP contribution in [-0.2, 0) is 6.18 Å². The van der Waals surface area contributed by atoms with Crippen molar-refractivity contribution in [2.45, 2.75) is 19.1 Å². The van der Waals surface area contributed by atoms with Crippen LogP contribution in [0, 0.1) is 6.92 Å². The lowest BCUT2D eigenvalue weighted by molar-refractivity contribution is -0.137. The minimum atomic E-state index is -4.41. The lowest BCUT2D eigenvalue weighted by atomic mass is 10.1. The number of hydrogen-bond acceptors (Lipinski definition) is 3. The molecular formula is C17H15F3N4. The highest BCUT2D eigenvalue weighted by Crippen LogP contribution is 2.31. The molecule has 0 unspecified atom stereocenters. The standard InChI is InChI=1S/C17H15F3N4/c1-10-5-7-11(8-6-10)14(21)16-22-15(23-24-16)12-3-2-4-13(9-12)17(18,19)20/h2-9,14H,21H2,1H3,(H,22,23,24)/t14-/m0/s1. The second kappa shape index (κ2) is 6.09. The average molecular weight is 332 g/mol. The number of benzene rings is 2. The van der Waals surface area contributed by atoms with Crippen molar-refractivity contribution >= 4 is 0 Å². The Bertz CT molecular complexity index is 838. The van der Waals surface area contributed by atoms with Crippen molar-refractivity contribution in [2.75, 3.05) is 0 Å². The highest BCUT2D eigenvalue weighted by atomic mass is 19.4. The number of rotatable bonds is 3. The molecule has 0 aliphatic heterocycles. The molecule has 1 heterocycles. The molecule has 0 aliphatic rings. The highest BCUT2D eigenvalue weighted by molar-refractivity contribution is 5.56. The number of hydrogen-bond donors (Lipinski definition) is 2. The molecule has 0 amide bonds. The Morgan fingerprint density at radius 3 is 2.46 bits per heavy atom. The van der Waals surface area contributed by atoms with Crippen LogP contribution in [-0.4, -0.2) is 15.2 Å². The SMILES string of the molecule is Cc1ccc([C@H](N)c2nc(-c3cccc(C(F)(F)F)c3)n[nH]2)cc1. The number of H-pyrrole nitrogens is 1. The number of aromatic nitrogens is 3. The van der Waals surface area contributed by atoms with Crippen molar-refractivity contribution in [3.05, 3.63) is 71.0 Å². The van der Waals surface area contributed by atoms with Crippen LogP contribution < -0.4 is 5.73 Å². The van der Waals surface area contributed by atoms with Crippen LogP contribution in [0.15, 0.2) is 48.5 Å². The molecule has 0 fully saturated rings. The molecule has 4 nitrogen and oxygen atoms in total. The van der Waals surface area contributed by atoms with E-state index in [1.807, 2.05) is 31.2 Å². The second-order valence-electron chi connectivity index (χ2n) is 5.51. The fraction of sp³-hybridized carbons (Fsp3) is 0.176. The van der Waals surface area contributed by atoms with Gasteiger partial charge in [-0.15, -0.1) is 0 Å². The highest BCUT2D eigenvalue weighted by Gasteiger charge is 2.30. The molecule has 0 saturated heterocycles. The number of nitrogens with one attached hydrogen (secondary N) is 1. The van der Waals surface area contributed by atoms with Crippen molar-refractivity contribution in [3.63, 3.8) is 0 Å². The van der Waals surface area contributed by atoms with Gasteiger partial charge < -0.3 is 5.73 Å². The monoisotopic (exact) mass is 332 g/mol. The average Bonchev–Trinajstić information content (AvgIpc) is 3.04. The van der Waals surface area contributed by atoms with Gasteiger partial charge in [-0.1, -0.05) is 42.0 Å². The van der Waals surface area contributed by atoms with E-state index in [0.29, 0.717) is 5.82 Å². The lowest BCUT2D eigenvalue weighted by Crippen LogP contribution is -2.13. The van der Waals surface area contributed by atoms with Crippen molar-refractivity contribution < 1.29 is 13.2 Å². The Morgan fingerprint density at radius 2 is 1.79 bits per heavy atom. The normalized spacial score (nSPS) is 13.0. The zero-order chi connectivity index (χ0) is 17.3. The summed E-state index contributed by atoms with van der Waals surface area (Å²) in [5.74, 6) is 0.574. The summed E-state index contributed by atoms with van der Waals surface area (Å²) in [6.07, 6.45) is -4.41. The first-order chi connectivity index (χ1) is 11.3.